The summed E-state index contributed by atoms with van der Waals surface area (Å²) in [5, 5.41) is 14.3. The first-order chi connectivity index (χ1) is 42.0. The minimum Gasteiger partial charge on any atom is -0.493 e. The third-order valence-corrected chi connectivity index (χ3v) is 16.7. The Morgan fingerprint density at radius 3 is 2.17 bits per heavy atom. The molecule has 10 rings (SSSR count). The van der Waals surface area contributed by atoms with Crippen molar-refractivity contribution in [3.63, 3.8) is 0 Å². The molecule has 3 atom stereocenters. The zero-order valence-corrected chi connectivity index (χ0v) is 49.6. The van der Waals surface area contributed by atoms with Crippen molar-refractivity contribution >= 4 is 63.2 Å². The number of nitrogens with zero attached hydrogens (tertiary/aromatic N) is 5. The van der Waals surface area contributed by atoms with Crippen molar-refractivity contribution < 1.29 is 66.3 Å². The second-order valence-electron chi connectivity index (χ2n) is 22.1. The van der Waals surface area contributed by atoms with Gasteiger partial charge in [-0.15, -0.1) is 11.3 Å². The van der Waals surface area contributed by atoms with E-state index in [4.69, 9.17) is 34.2 Å². The molecule has 5 amide bonds. The van der Waals surface area contributed by atoms with Crippen LogP contribution in [0.4, 0.5) is 20.2 Å². The average molecular weight is 1210 g/mol. The monoisotopic (exact) mass is 1210 g/mol. The molecule has 1 saturated heterocycles. The van der Waals surface area contributed by atoms with E-state index >= 15 is 4.39 Å². The van der Waals surface area contributed by atoms with Gasteiger partial charge in [0.1, 0.15) is 34.8 Å². The lowest BCUT2D eigenvalue weighted by Gasteiger charge is -2.35. The van der Waals surface area contributed by atoms with Gasteiger partial charge in [-0.1, -0.05) is 44.2 Å². The first kappa shape index (κ1) is 61.5. The quantitative estimate of drug-likeness (QED) is 0.0306. The topological polar surface area (TPSA) is 235 Å². The molecule has 3 aliphatic rings. The lowest BCUT2D eigenvalue weighted by molar-refractivity contribution is -0.143. The molecule has 0 radical (unpaired) electrons. The van der Waals surface area contributed by atoms with E-state index in [-0.39, 0.29) is 73.0 Å². The molecule has 2 fully saturated rings. The van der Waals surface area contributed by atoms with E-state index in [0.29, 0.717) is 99.2 Å². The Hall–Kier alpha value is -8.57. The maximum atomic E-state index is 15.9. The van der Waals surface area contributed by atoms with Crippen LogP contribution in [-0.4, -0.2) is 126 Å². The highest BCUT2D eigenvalue weighted by atomic mass is 32.1. The molecule has 19 nitrogen and oxygen atoms in total. The molecular formula is C65H69F2N7O12S. The van der Waals surface area contributed by atoms with E-state index in [9.17, 15) is 33.5 Å². The summed E-state index contributed by atoms with van der Waals surface area (Å²) in [7, 11) is 1.50. The van der Waals surface area contributed by atoms with Crippen LogP contribution in [0.2, 0.25) is 0 Å². The molecule has 4 N–H and O–H groups in total. The highest BCUT2D eigenvalue weighted by Crippen LogP contribution is 2.49. The summed E-state index contributed by atoms with van der Waals surface area (Å²) in [5.41, 5.74) is 10.7. The fraction of sp³-hybridized carbons (Fsp3) is 0.369. The molecule has 7 aromatic rings. The van der Waals surface area contributed by atoms with Crippen molar-refractivity contribution in [2.24, 2.45) is 17.1 Å². The lowest BCUT2D eigenvalue weighted by Crippen LogP contribution is -2.55. The second-order valence-corrected chi connectivity index (χ2v) is 22.9. The summed E-state index contributed by atoms with van der Waals surface area (Å²) in [5.74, 6) is -2.48. The molecule has 87 heavy (non-hydrogen) atoms. The second kappa shape index (κ2) is 27.4. The number of carbonyl (C=O) groups is 5. The fourth-order valence-corrected chi connectivity index (χ4v) is 11.8. The Labute approximate surface area is 506 Å². The SMILES string of the molecule is COc1cc2c(Oc3ccc(N(C(=O)C4(C(N)=O)CC4)c4ccc(F)cc4)cc3F)ccnc2cc1OCCCOCCCOCCCOc1cc(-c2scnc2C)ccc1CNC(=O)[C@@H]1C[C@@H](O)CN1C(=O)[C@H](C(C)C)N1Cc2ccccc2C1=O. The van der Waals surface area contributed by atoms with Crippen LogP contribution >= 0.6 is 11.3 Å². The van der Waals surface area contributed by atoms with Crippen LogP contribution in [0.15, 0.2) is 115 Å². The zero-order chi connectivity index (χ0) is 61.4. The molecule has 0 bridgehead atoms. The Balaban J connectivity index is 0.660. The molecule has 456 valence electrons. The number of aromatic nitrogens is 2. The number of hydrogen-bond donors (Lipinski definition) is 3. The van der Waals surface area contributed by atoms with Crippen molar-refractivity contribution in [3.05, 3.63) is 149 Å². The molecule has 0 unspecified atom stereocenters. The highest BCUT2D eigenvalue weighted by molar-refractivity contribution is 7.13. The fourth-order valence-electron chi connectivity index (χ4n) is 11.0. The largest absolute Gasteiger partial charge is 0.493 e. The van der Waals surface area contributed by atoms with E-state index in [1.807, 2.05) is 51.1 Å². The summed E-state index contributed by atoms with van der Waals surface area (Å²) in [4.78, 5) is 81.9. The Morgan fingerprint density at radius 2 is 1.52 bits per heavy atom. The number of thiazole rings is 1. The average Bonchev–Trinajstić information content (AvgIpc) is 1.76. The first-order valence-electron chi connectivity index (χ1n) is 29.0. The highest BCUT2D eigenvalue weighted by Gasteiger charge is 2.57. The first-order valence-corrected chi connectivity index (χ1v) is 29.9. The van der Waals surface area contributed by atoms with E-state index in [1.54, 1.807) is 40.7 Å². The number of amides is 5. The normalized spacial score (nSPS) is 16.2. The molecule has 22 heteroatoms. The molecule has 1 aliphatic carbocycles. The van der Waals surface area contributed by atoms with Gasteiger partial charge in [0.2, 0.25) is 23.6 Å². The van der Waals surface area contributed by atoms with Crippen molar-refractivity contribution in [2.45, 2.75) is 90.6 Å². The summed E-state index contributed by atoms with van der Waals surface area (Å²) >= 11 is 1.52. The number of ether oxygens (including phenoxy) is 6. The third kappa shape index (κ3) is 13.8. The van der Waals surface area contributed by atoms with Crippen molar-refractivity contribution in [1.82, 2.24) is 25.1 Å². The minimum atomic E-state index is -1.43. The summed E-state index contributed by atoms with van der Waals surface area (Å²) in [6, 6.07) is 25.3. The van der Waals surface area contributed by atoms with Gasteiger partial charge in [-0.05, 0) is 104 Å². The predicted molar refractivity (Wildman–Crippen MR) is 321 cm³/mol. The van der Waals surface area contributed by atoms with Gasteiger partial charge in [-0.25, -0.2) is 13.8 Å². The van der Waals surface area contributed by atoms with Crippen molar-refractivity contribution in [3.8, 4) is 39.2 Å². The maximum absolute atomic E-state index is 15.9. The number of rotatable bonds is 28. The summed E-state index contributed by atoms with van der Waals surface area (Å²) in [6.07, 6.45) is 3.02. The smallest absolute Gasteiger partial charge is 0.255 e. The van der Waals surface area contributed by atoms with Crippen LogP contribution in [0, 0.1) is 29.9 Å². The minimum absolute atomic E-state index is 0.0171. The number of benzene rings is 5. The van der Waals surface area contributed by atoms with Gasteiger partial charge in [0, 0.05) is 106 Å². The third-order valence-electron chi connectivity index (χ3n) is 15.7. The Kier molecular flexibility index (Phi) is 19.4. The standard InChI is InChI=1S/C65H69F2N7O12S/c1-39(2)58(73-36-43-10-5-6-11-48(43)61(73)77)62(78)72-37-47(75)32-52(72)60(76)70-35-42-13-12-41(59-40(3)71-38-87-59)30-55(42)84-28-8-26-82-24-7-25-83-27-9-29-85-57-34-51-49(33-56(57)81-4)53(20-23-69-51)86-54-19-18-46(31-50(54)67)74(45-16-14-44(66)15-17-45)64(80)65(21-22-65)63(68)79/h5-6,10-20,23,30-31,33-34,38-39,47,52,58,75H,7-9,21-22,24-29,32,35-37H2,1-4H3,(H2,68,79)(H,70,76)/t47-,52+,58+/m1/s1. The van der Waals surface area contributed by atoms with Gasteiger partial charge in [0.05, 0.1) is 53.7 Å². The number of primary amides is 1. The molecule has 1 saturated carbocycles. The van der Waals surface area contributed by atoms with Crippen LogP contribution < -0.4 is 34.9 Å². The number of likely N-dealkylation sites (tertiary alicyclic amines) is 1. The number of carbonyl (C=O) groups excluding carboxylic acids is 5. The number of methoxy groups -OCH3 is 1. The maximum Gasteiger partial charge on any atom is 0.255 e. The number of nitrogens with one attached hydrogen (secondary N) is 1. The number of hydrogen-bond acceptors (Lipinski definition) is 15. The van der Waals surface area contributed by atoms with Crippen LogP contribution in [-0.2, 0) is 41.7 Å². The number of fused-ring (bicyclic) bond motifs is 2. The van der Waals surface area contributed by atoms with Crippen LogP contribution in [0.5, 0.6) is 28.7 Å². The van der Waals surface area contributed by atoms with Gasteiger partial charge in [-0.3, -0.25) is 33.9 Å². The van der Waals surface area contributed by atoms with Crippen molar-refractivity contribution in [2.75, 3.05) is 58.2 Å². The molecule has 4 heterocycles. The van der Waals surface area contributed by atoms with Gasteiger partial charge in [0.15, 0.2) is 23.1 Å². The number of anilines is 2. The molecular weight excluding hydrogens is 1140 g/mol. The molecule has 2 aromatic heterocycles. The zero-order valence-electron chi connectivity index (χ0n) is 48.8. The van der Waals surface area contributed by atoms with Gasteiger partial charge < -0.3 is 54.4 Å². The van der Waals surface area contributed by atoms with Crippen molar-refractivity contribution in [1.29, 1.82) is 0 Å². The van der Waals surface area contributed by atoms with Crippen LogP contribution in [0.1, 0.15) is 79.6 Å². The number of halogens is 2. The summed E-state index contributed by atoms with van der Waals surface area (Å²) < 4.78 is 65.7. The number of pyridine rings is 1. The number of β-amino-alcohol motifs (C(OH)–C–C–N with tert-alkyl or cyclic N) is 1. The molecule has 5 aromatic carbocycles. The van der Waals surface area contributed by atoms with Gasteiger partial charge in [-0.2, -0.15) is 0 Å². The predicted octanol–water partition coefficient (Wildman–Crippen LogP) is 9.60. The number of nitrogens with two attached hydrogens (primary N) is 1. The molecule has 2 aliphatic heterocycles. The van der Waals surface area contributed by atoms with Crippen LogP contribution in [0.3, 0.4) is 0 Å². The number of aliphatic hydroxyl groups is 1. The number of aliphatic hydroxyl groups excluding tert-OH is 1. The van der Waals surface area contributed by atoms with E-state index < -0.39 is 53.0 Å². The number of aryl methyl sites for hydroxylation is 1. The molecule has 0 spiro atoms. The van der Waals surface area contributed by atoms with Gasteiger partial charge in [0.25, 0.3) is 5.91 Å². The summed E-state index contributed by atoms with van der Waals surface area (Å²) in [6.45, 7) is 8.56. The van der Waals surface area contributed by atoms with E-state index in [1.165, 1.54) is 53.8 Å². The Bertz CT molecular complexity index is 3660. The lowest BCUT2D eigenvalue weighted by atomic mass is 10.0. The van der Waals surface area contributed by atoms with Crippen LogP contribution in [0.25, 0.3) is 21.3 Å². The Morgan fingerprint density at radius 1 is 0.816 bits per heavy atom. The van der Waals surface area contributed by atoms with E-state index in [2.05, 4.69) is 15.3 Å². The van der Waals surface area contributed by atoms with Gasteiger partial charge >= 0.3 is 0 Å². The van der Waals surface area contributed by atoms with E-state index in [0.717, 1.165) is 50.4 Å².